The van der Waals surface area contributed by atoms with Gasteiger partial charge in [-0.1, -0.05) is 6.92 Å². The van der Waals surface area contributed by atoms with Crippen LogP contribution in [-0.4, -0.2) is 14.2 Å². The molecule has 0 radical (unpaired) electrons. The molecule has 90 valence electrons. The number of benzene rings is 1. The van der Waals surface area contributed by atoms with Gasteiger partial charge in [0.2, 0.25) is 10.0 Å². The standard InChI is InChI=1S/C9H10BrF2NO2S/c1-2-3-16(14,15)13-9-7(10)4-6(11)5-8(9)12/h4-5,13H,2-3H2,1H3. The van der Waals surface area contributed by atoms with E-state index in [2.05, 4.69) is 20.7 Å². The summed E-state index contributed by atoms with van der Waals surface area (Å²) in [5, 5.41) is 0. The molecular weight excluding hydrogens is 304 g/mol. The van der Waals surface area contributed by atoms with Crippen LogP contribution in [0.25, 0.3) is 0 Å². The first-order valence-corrected chi connectivity index (χ1v) is 6.95. The summed E-state index contributed by atoms with van der Waals surface area (Å²) in [5.74, 6) is -1.84. The van der Waals surface area contributed by atoms with Crippen LogP contribution in [0, 0.1) is 11.6 Å². The van der Waals surface area contributed by atoms with Crippen LogP contribution in [0.15, 0.2) is 16.6 Å². The molecule has 16 heavy (non-hydrogen) atoms. The Balaban J connectivity index is 3.07. The monoisotopic (exact) mass is 313 g/mol. The molecule has 1 N–H and O–H groups in total. The van der Waals surface area contributed by atoms with Crippen molar-refractivity contribution in [3.63, 3.8) is 0 Å². The molecule has 0 saturated heterocycles. The third-order valence-electron chi connectivity index (χ3n) is 1.74. The number of hydrogen-bond acceptors (Lipinski definition) is 2. The van der Waals surface area contributed by atoms with Gasteiger partial charge in [0, 0.05) is 10.5 Å². The lowest BCUT2D eigenvalue weighted by Gasteiger charge is -2.09. The lowest BCUT2D eigenvalue weighted by Crippen LogP contribution is -2.17. The summed E-state index contributed by atoms with van der Waals surface area (Å²) in [7, 11) is -3.58. The smallest absolute Gasteiger partial charge is 0.232 e. The average molecular weight is 314 g/mol. The van der Waals surface area contributed by atoms with Crippen molar-refractivity contribution >= 4 is 31.6 Å². The summed E-state index contributed by atoms with van der Waals surface area (Å²) in [5.41, 5.74) is -0.269. The second-order valence-electron chi connectivity index (χ2n) is 3.17. The fourth-order valence-corrected chi connectivity index (χ4v) is 2.91. The molecule has 0 aliphatic heterocycles. The van der Waals surface area contributed by atoms with E-state index in [-0.39, 0.29) is 15.9 Å². The van der Waals surface area contributed by atoms with Gasteiger partial charge in [-0.25, -0.2) is 17.2 Å². The summed E-state index contributed by atoms with van der Waals surface area (Å²) in [6, 6.07) is 1.61. The fourth-order valence-electron chi connectivity index (χ4n) is 1.11. The largest absolute Gasteiger partial charge is 0.279 e. The molecule has 0 bridgehead atoms. The highest BCUT2D eigenvalue weighted by atomic mass is 79.9. The predicted molar refractivity (Wildman–Crippen MR) is 61.8 cm³/mol. The van der Waals surface area contributed by atoms with E-state index < -0.39 is 21.7 Å². The summed E-state index contributed by atoms with van der Waals surface area (Å²) in [4.78, 5) is 0. The van der Waals surface area contributed by atoms with Crippen LogP contribution in [0.2, 0.25) is 0 Å². The van der Waals surface area contributed by atoms with Gasteiger partial charge in [0.1, 0.15) is 5.82 Å². The Labute approximate surface area is 101 Å². The second kappa shape index (κ2) is 5.09. The van der Waals surface area contributed by atoms with Gasteiger partial charge in [-0.3, -0.25) is 4.72 Å². The molecule has 7 heteroatoms. The molecule has 1 aromatic carbocycles. The van der Waals surface area contributed by atoms with Crippen molar-refractivity contribution in [3.05, 3.63) is 28.2 Å². The lowest BCUT2D eigenvalue weighted by molar-refractivity contribution is 0.581. The zero-order valence-corrected chi connectivity index (χ0v) is 10.8. The molecular formula is C9H10BrF2NO2S. The normalized spacial score (nSPS) is 11.5. The molecule has 1 rings (SSSR count). The Kier molecular flexibility index (Phi) is 4.26. The van der Waals surface area contributed by atoms with Crippen molar-refractivity contribution in [2.75, 3.05) is 10.5 Å². The van der Waals surface area contributed by atoms with Gasteiger partial charge in [-0.15, -0.1) is 0 Å². The molecule has 0 saturated carbocycles. The average Bonchev–Trinajstić information content (AvgIpc) is 2.11. The van der Waals surface area contributed by atoms with Crippen molar-refractivity contribution < 1.29 is 17.2 Å². The van der Waals surface area contributed by atoms with Gasteiger partial charge in [0.05, 0.1) is 11.4 Å². The first-order valence-electron chi connectivity index (χ1n) is 4.50. The van der Waals surface area contributed by atoms with E-state index in [9.17, 15) is 17.2 Å². The maximum absolute atomic E-state index is 13.3. The van der Waals surface area contributed by atoms with Gasteiger partial charge >= 0.3 is 0 Å². The molecule has 1 aromatic rings. The van der Waals surface area contributed by atoms with Crippen LogP contribution < -0.4 is 4.72 Å². The Hall–Kier alpha value is -0.690. The van der Waals surface area contributed by atoms with Crippen LogP contribution in [0.5, 0.6) is 0 Å². The van der Waals surface area contributed by atoms with Gasteiger partial charge in [0.15, 0.2) is 5.82 Å². The van der Waals surface area contributed by atoms with E-state index >= 15 is 0 Å². The molecule has 3 nitrogen and oxygen atoms in total. The Bertz CT molecular complexity index is 467. The molecule has 0 atom stereocenters. The highest BCUT2D eigenvalue weighted by Crippen LogP contribution is 2.27. The molecule has 0 unspecified atom stereocenters. The Morgan fingerprint density at radius 3 is 2.50 bits per heavy atom. The van der Waals surface area contributed by atoms with Crippen LogP contribution in [0.4, 0.5) is 14.5 Å². The van der Waals surface area contributed by atoms with E-state index in [0.717, 1.165) is 6.07 Å². The molecule has 0 spiro atoms. The third kappa shape index (κ3) is 3.41. The zero-order valence-electron chi connectivity index (χ0n) is 8.43. The van der Waals surface area contributed by atoms with Crippen LogP contribution >= 0.6 is 15.9 Å². The molecule has 0 fully saturated rings. The third-order valence-corrected chi connectivity index (χ3v) is 3.82. The van der Waals surface area contributed by atoms with Gasteiger partial charge in [-0.05, 0) is 28.4 Å². The van der Waals surface area contributed by atoms with Crippen LogP contribution in [0.1, 0.15) is 13.3 Å². The van der Waals surface area contributed by atoms with Crippen LogP contribution in [-0.2, 0) is 10.0 Å². The number of nitrogens with one attached hydrogen (secondary N) is 1. The van der Waals surface area contributed by atoms with E-state index in [4.69, 9.17) is 0 Å². The van der Waals surface area contributed by atoms with E-state index in [1.165, 1.54) is 0 Å². The summed E-state index contributed by atoms with van der Waals surface area (Å²) < 4.78 is 50.9. The summed E-state index contributed by atoms with van der Waals surface area (Å²) in [6.07, 6.45) is 0.412. The molecule has 0 amide bonds. The maximum atomic E-state index is 13.3. The first kappa shape index (κ1) is 13.4. The van der Waals surface area contributed by atoms with Gasteiger partial charge in [0.25, 0.3) is 0 Å². The number of rotatable bonds is 4. The van der Waals surface area contributed by atoms with Crippen molar-refractivity contribution in [1.29, 1.82) is 0 Å². The number of anilines is 1. The predicted octanol–water partition coefficient (Wildman–Crippen LogP) is 2.88. The van der Waals surface area contributed by atoms with Gasteiger partial charge in [-0.2, -0.15) is 0 Å². The number of halogens is 3. The highest BCUT2D eigenvalue weighted by Gasteiger charge is 2.15. The van der Waals surface area contributed by atoms with E-state index in [0.29, 0.717) is 12.5 Å². The number of hydrogen-bond donors (Lipinski definition) is 1. The van der Waals surface area contributed by atoms with E-state index in [1.807, 2.05) is 0 Å². The highest BCUT2D eigenvalue weighted by molar-refractivity contribution is 9.10. The van der Waals surface area contributed by atoms with E-state index in [1.54, 1.807) is 6.92 Å². The first-order chi connectivity index (χ1) is 7.35. The van der Waals surface area contributed by atoms with Crippen molar-refractivity contribution in [3.8, 4) is 0 Å². The summed E-state index contributed by atoms with van der Waals surface area (Å²) >= 11 is 2.89. The SMILES string of the molecule is CCCS(=O)(=O)Nc1c(F)cc(F)cc1Br. The van der Waals surface area contributed by atoms with Crippen molar-refractivity contribution in [2.24, 2.45) is 0 Å². The Morgan fingerprint density at radius 2 is 2.00 bits per heavy atom. The molecule has 0 heterocycles. The minimum absolute atomic E-state index is 0.0321. The minimum Gasteiger partial charge on any atom is -0.279 e. The molecule has 0 aliphatic carbocycles. The molecule has 0 aliphatic rings. The topological polar surface area (TPSA) is 46.2 Å². The molecule has 0 aromatic heterocycles. The van der Waals surface area contributed by atoms with Crippen molar-refractivity contribution in [2.45, 2.75) is 13.3 Å². The zero-order chi connectivity index (χ0) is 12.3. The lowest BCUT2D eigenvalue weighted by atomic mass is 10.3. The quantitative estimate of drug-likeness (QED) is 0.929. The fraction of sp³-hybridized carbons (Fsp3) is 0.333. The maximum Gasteiger partial charge on any atom is 0.232 e. The summed E-state index contributed by atoms with van der Waals surface area (Å²) in [6.45, 7) is 1.69. The van der Waals surface area contributed by atoms with Gasteiger partial charge < -0.3 is 0 Å². The van der Waals surface area contributed by atoms with Crippen LogP contribution in [0.3, 0.4) is 0 Å². The Morgan fingerprint density at radius 1 is 1.38 bits per heavy atom. The second-order valence-corrected chi connectivity index (χ2v) is 5.86. The minimum atomic E-state index is -3.58. The number of sulfonamides is 1. The van der Waals surface area contributed by atoms with Crippen molar-refractivity contribution in [1.82, 2.24) is 0 Å².